The van der Waals surface area contributed by atoms with Crippen LogP contribution in [0.2, 0.25) is 0 Å². The standard InChI is InChI=1S/C11H12N2S/c1-8-13-11(7-14-8)10-4-2-3-9(5-10)6-12/h2-5,7H,6,12H2,1H3. The molecule has 0 atom stereocenters. The van der Waals surface area contributed by atoms with Crippen LogP contribution in [0, 0.1) is 6.92 Å². The molecule has 0 bridgehead atoms. The monoisotopic (exact) mass is 204 g/mol. The minimum Gasteiger partial charge on any atom is -0.326 e. The molecule has 0 unspecified atom stereocenters. The number of hydrogen-bond donors (Lipinski definition) is 1. The van der Waals surface area contributed by atoms with E-state index in [0.717, 1.165) is 21.8 Å². The van der Waals surface area contributed by atoms with Crippen molar-refractivity contribution in [3.8, 4) is 11.3 Å². The van der Waals surface area contributed by atoms with Crippen molar-refractivity contribution in [1.82, 2.24) is 4.98 Å². The number of aryl methyl sites for hydroxylation is 1. The molecule has 1 aromatic carbocycles. The molecule has 1 aromatic heterocycles. The molecular weight excluding hydrogens is 192 g/mol. The zero-order valence-electron chi connectivity index (χ0n) is 8.03. The van der Waals surface area contributed by atoms with Gasteiger partial charge in [0.2, 0.25) is 0 Å². The largest absolute Gasteiger partial charge is 0.326 e. The number of benzene rings is 1. The molecule has 2 nitrogen and oxygen atoms in total. The van der Waals surface area contributed by atoms with E-state index < -0.39 is 0 Å². The topological polar surface area (TPSA) is 38.9 Å². The van der Waals surface area contributed by atoms with Gasteiger partial charge in [0.25, 0.3) is 0 Å². The van der Waals surface area contributed by atoms with Gasteiger partial charge in [0, 0.05) is 17.5 Å². The van der Waals surface area contributed by atoms with E-state index >= 15 is 0 Å². The van der Waals surface area contributed by atoms with Crippen LogP contribution in [0.15, 0.2) is 29.6 Å². The fourth-order valence-electron chi connectivity index (χ4n) is 1.35. The summed E-state index contributed by atoms with van der Waals surface area (Å²) < 4.78 is 0. The molecule has 1 heterocycles. The highest BCUT2D eigenvalue weighted by Crippen LogP contribution is 2.22. The lowest BCUT2D eigenvalue weighted by Gasteiger charge is -1.99. The Morgan fingerprint density at radius 3 is 2.93 bits per heavy atom. The zero-order chi connectivity index (χ0) is 9.97. The van der Waals surface area contributed by atoms with Gasteiger partial charge < -0.3 is 5.73 Å². The van der Waals surface area contributed by atoms with Crippen molar-refractivity contribution in [3.63, 3.8) is 0 Å². The van der Waals surface area contributed by atoms with Crippen LogP contribution < -0.4 is 5.73 Å². The molecule has 2 rings (SSSR count). The second-order valence-electron chi connectivity index (χ2n) is 3.16. The highest BCUT2D eigenvalue weighted by atomic mass is 32.1. The second-order valence-corrected chi connectivity index (χ2v) is 4.22. The van der Waals surface area contributed by atoms with Crippen LogP contribution in [0.5, 0.6) is 0 Å². The summed E-state index contributed by atoms with van der Waals surface area (Å²) in [5.74, 6) is 0. The summed E-state index contributed by atoms with van der Waals surface area (Å²) in [4.78, 5) is 4.43. The molecule has 0 saturated carbocycles. The Morgan fingerprint density at radius 1 is 1.43 bits per heavy atom. The Labute approximate surface area is 87.4 Å². The van der Waals surface area contributed by atoms with Crippen LogP contribution in [-0.4, -0.2) is 4.98 Å². The maximum absolute atomic E-state index is 5.58. The smallest absolute Gasteiger partial charge is 0.0901 e. The van der Waals surface area contributed by atoms with Gasteiger partial charge in [-0.1, -0.05) is 18.2 Å². The first-order valence-corrected chi connectivity index (χ1v) is 5.39. The Balaban J connectivity index is 2.41. The number of hydrogen-bond acceptors (Lipinski definition) is 3. The molecule has 2 N–H and O–H groups in total. The molecule has 0 fully saturated rings. The van der Waals surface area contributed by atoms with Gasteiger partial charge in [-0.25, -0.2) is 4.98 Å². The summed E-state index contributed by atoms with van der Waals surface area (Å²) in [5.41, 5.74) is 8.93. The van der Waals surface area contributed by atoms with E-state index in [1.54, 1.807) is 11.3 Å². The molecular formula is C11H12N2S. The van der Waals surface area contributed by atoms with E-state index in [2.05, 4.69) is 22.5 Å². The van der Waals surface area contributed by atoms with E-state index in [0.29, 0.717) is 6.54 Å². The van der Waals surface area contributed by atoms with Crippen LogP contribution in [0.3, 0.4) is 0 Å². The first-order valence-electron chi connectivity index (χ1n) is 4.51. The lowest BCUT2D eigenvalue weighted by molar-refractivity contribution is 1.07. The van der Waals surface area contributed by atoms with E-state index in [1.165, 1.54) is 0 Å². The Bertz CT molecular complexity index is 434. The fraction of sp³-hybridized carbons (Fsp3) is 0.182. The van der Waals surface area contributed by atoms with Crippen molar-refractivity contribution < 1.29 is 0 Å². The molecule has 0 aliphatic heterocycles. The van der Waals surface area contributed by atoms with E-state index in [9.17, 15) is 0 Å². The fourth-order valence-corrected chi connectivity index (χ4v) is 1.98. The van der Waals surface area contributed by atoms with Crippen molar-refractivity contribution in [3.05, 3.63) is 40.2 Å². The maximum atomic E-state index is 5.58. The molecule has 14 heavy (non-hydrogen) atoms. The van der Waals surface area contributed by atoms with Gasteiger partial charge in [-0.15, -0.1) is 11.3 Å². The molecule has 0 aliphatic carbocycles. The van der Waals surface area contributed by atoms with Crippen LogP contribution >= 0.6 is 11.3 Å². The Hall–Kier alpha value is -1.19. The first-order chi connectivity index (χ1) is 6.79. The van der Waals surface area contributed by atoms with E-state index in [4.69, 9.17) is 5.73 Å². The number of thiazole rings is 1. The molecule has 0 radical (unpaired) electrons. The summed E-state index contributed by atoms with van der Waals surface area (Å²) in [5, 5.41) is 3.17. The van der Waals surface area contributed by atoms with Crippen molar-refractivity contribution in [2.45, 2.75) is 13.5 Å². The van der Waals surface area contributed by atoms with Gasteiger partial charge in [-0.3, -0.25) is 0 Å². The molecule has 72 valence electrons. The zero-order valence-corrected chi connectivity index (χ0v) is 8.84. The van der Waals surface area contributed by atoms with Crippen molar-refractivity contribution >= 4 is 11.3 Å². The van der Waals surface area contributed by atoms with E-state index in [-0.39, 0.29) is 0 Å². The second kappa shape index (κ2) is 3.90. The first kappa shape index (κ1) is 9.37. The van der Waals surface area contributed by atoms with Crippen molar-refractivity contribution in [1.29, 1.82) is 0 Å². The predicted molar refractivity (Wildman–Crippen MR) is 60.2 cm³/mol. The molecule has 0 aliphatic rings. The third kappa shape index (κ3) is 1.84. The number of nitrogens with two attached hydrogens (primary N) is 1. The van der Waals surface area contributed by atoms with Gasteiger partial charge in [0.1, 0.15) is 0 Å². The normalized spacial score (nSPS) is 10.4. The quantitative estimate of drug-likeness (QED) is 0.816. The lowest BCUT2D eigenvalue weighted by atomic mass is 10.1. The van der Waals surface area contributed by atoms with Gasteiger partial charge in [0.05, 0.1) is 10.7 Å². The third-order valence-corrected chi connectivity index (χ3v) is 2.85. The third-order valence-electron chi connectivity index (χ3n) is 2.08. The van der Waals surface area contributed by atoms with Crippen LogP contribution in [-0.2, 0) is 6.54 Å². The van der Waals surface area contributed by atoms with Gasteiger partial charge in [-0.2, -0.15) is 0 Å². The summed E-state index contributed by atoms with van der Waals surface area (Å²) in [7, 11) is 0. The van der Waals surface area contributed by atoms with E-state index in [1.807, 2.05) is 19.1 Å². The number of nitrogens with zero attached hydrogens (tertiary/aromatic N) is 1. The molecule has 2 aromatic rings. The number of rotatable bonds is 2. The van der Waals surface area contributed by atoms with Crippen molar-refractivity contribution in [2.24, 2.45) is 5.73 Å². The van der Waals surface area contributed by atoms with Crippen molar-refractivity contribution in [2.75, 3.05) is 0 Å². The maximum Gasteiger partial charge on any atom is 0.0901 e. The summed E-state index contributed by atoms with van der Waals surface area (Å²) in [6.45, 7) is 2.60. The van der Waals surface area contributed by atoms with Crippen LogP contribution in [0.25, 0.3) is 11.3 Å². The molecule has 0 amide bonds. The highest BCUT2D eigenvalue weighted by molar-refractivity contribution is 7.09. The summed E-state index contributed by atoms with van der Waals surface area (Å²) >= 11 is 1.67. The minimum atomic E-state index is 0.580. The average molecular weight is 204 g/mol. The number of aromatic nitrogens is 1. The average Bonchev–Trinajstić information content (AvgIpc) is 2.65. The van der Waals surface area contributed by atoms with Gasteiger partial charge in [-0.05, 0) is 18.6 Å². The van der Waals surface area contributed by atoms with Gasteiger partial charge in [0.15, 0.2) is 0 Å². The minimum absolute atomic E-state index is 0.580. The highest BCUT2D eigenvalue weighted by Gasteiger charge is 2.01. The molecule has 0 spiro atoms. The summed E-state index contributed by atoms with van der Waals surface area (Å²) in [6, 6.07) is 8.21. The Morgan fingerprint density at radius 2 is 2.29 bits per heavy atom. The SMILES string of the molecule is Cc1nc(-c2cccc(CN)c2)cs1. The molecule has 3 heteroatoms. The predicted octanol–water partition coefficient (Wildman–Crippen LogP) is 2.58. The lowest BCUT2D eigenvalue weighted by Crippen LogP contribution is -1.95. The summed E-state index contributed by atoms with van der Waals surface area (Å²) in [6.07, 6.45) is 0. The van der Waals surface area contributed by atoms with Crippen LogP contribution in [0.4, 0.5) is 0 Å². The molecule has 0 saturated heterocycles. The van der Waals surface area contributed by atoms with Gasteiger partial charge >= 0.3 is 0 Å². The Kier molecular flexibility index (Phi) is 2.61. The van der Waals surface area contributed by atoms with Crippen LogP contribution in [0.1, 0.15) is 10.6 Å².